The maximum atomic E-state index is 12.7. The van der Waals surface area contributed by atoms with Crippen LogP contribution in [0.1, 0.15) is 26.3 Å². The first kappa shape index (κ1) is 21.7. The van der Waals surface area contributed by atoms with Gasteiger partial charge in [0.1, 0.15) is 17.9 Å². The van der Waals surface area contributed by atoms with Crippen molar-refractivity contribution in [1.29, 1.82) is 0 Å². The van der Waals surface area contributed by atoms with Crippen LogP contribution in [-0.4, -0.2) is 37.7 Å². The van der Waals surface area contributed by atoms with Gasteiger partial charge in [-0.2, -0.15) is 0 Å². The predicted octanol–water partition coefficient (Wildman–Crippen LogP) is 4.03. The molecule has 0 radical (unpaired) electrons. The molecule has 7 heteroatoms. The van der Waals surface area contributed by atoms with Gasteiger partial charge < -0.3 is 24.1 Å². The second-order valence-corrected chi connectivity index (χ2v) is 6.47. The number of phenols is 1. The molecule has 3 rings (SSSR count). The van der Waals surface area contributed by atoms with Crippen molar-refractivity contribution in [1.82, 2.24) is 0 Å². The monoisotopic (exact) mass is 422 g/mol. The minimum Gasteiger partial charge on any atom is -0.504 e. The molecule has 3 aromatic rings. The van der Waals surface area contributed by atoms with E-state index in [-0.39, 0.29) is 29.4 Å². The van der Waals surface area contributed by atoms with Gasteiger partial charge in [0.25, 0.3) is 0 Å². The summed E-state index contributed by atoms with van der Waals surface area (Å²) in [6.45, 7) is -0.354. The Balaban J connectivity index is 1.80. The van der Waals surface area contributed by atoms with Crippen molar-refractivity contribution in [2.24, 2.45) is 0 Å². The van der Waals surface area contributed by atoms with Crippen LogP contribution in [0.2, 0.25) is 0 Å². The molecule has 7 nitrogen and oxygen atoms in total. The second-order valence-electron chi connectivity index (χ2n) is 6.47. The first-order valence-electron chi connectivity index (χ1n) is 9.45. The number of rotatable bonds is 9. The quantitative estimate of drug-likeness (QED) is 0.411. The van der Waals surface area contributed by atoms with Crippen molar-refractivity contribution >= 4 is 11.8 Å². The molecular formula is C24H22O7. The molecule has 0 unspecified atom stereocenters. The number of carbonyl (C=O) groups is 2. The SMILES string of the molecule is COc1cc(OCc2ccccc2)c(OC)c(O)c1C(=O)COC(=O)c1ccccc1. The van der Waals surface area contributed by atoms with E-state index in [1.54, 1.807) is 30.3 Å². The van der Waals surface area contributed by atoms with Crippen molar-refractivity contribution in [3.8, 4) is 23.0 Å². The van der Waals surface area contributed by atoms with Crippen LogP contribution in [0.3, 0.4) is 0 Å². The summed E-state index contributed by atoms with van der Waals surface area (Å²) < 4.78 is 21.4. The van der Waals surface area contributed by atoms with Crippen LogP contribution in [0.25, 0.3) is 0 Å². The number of Topliss-reactive ketones (excluding diaryl/α,β-unsaturated/α-hetero) is 1. The number of carbonyl (C=O) groups excluding carboxylic acids is 2. The zero-order valence-electron chi connectivity index (χ0n) is 17.2. The highest BCUT2D eigenvalue weighted by atomic mass is 16.5. The van der Waals surface area contributed by atoms with Crippen molar-refractivity contribution in [3.63, 3.8) is 0 Å². The summed E-state index contributed by atoms with van der Waals surface area (Å²) in [5.41, 5.74) is 1.07. The molecule has 1 N–H and O–H groups in total. The lowest BCUT2D eigenvalue weighted by molar-refractivity contribution is 0.0473. The number of ether oxygens (including phenoxy) is 4. The first-order chi connectivity index (χ1) is 15.0. The lowest BCUT2D eigenvalue weighted by atomic mass is 10.1. The van der Waals surface area contributed by atoms with Gasteiger partial charge in [-0.3, -0.25) is 4.79 Å². The van der Waals surface area contributed by atoms with E-state index >= 15 is 0 Å². The highest BCUT2D eigenvalue weighted by Crippen LogP contribution is 2.45. The highest BCUT2D eigenvalue weighted by Gasteiger charge is 2.26. The van der Waals surface area contributed by atoms with Crippen molar-refractivity contribution in [2.75, 3.05) is 20.8 Å². The third-order valence-electron chi connectivity index (χ3n) is 4.47. The Labute approximate surface area is 179 Å². The number of phenolic OH excluding ortho intramolecular Hbond substituents is 1. The van der Waals surface area contributed by atoms with Gasteiger partial charge in [0, 0.05) is 6.07 Å². The van der Waals surface area contributed by atoms with Crippen LogP contribution in [0.4, 0.5) is 0 Å². The fraction of sp³-hybridized carbons (Fsp3) is 0.167. The standard InChI is InChI=1S/C24H22O7/c1-28-19-13-20(30-14-16-9-5-3-6-10-16)23(29-2)22(26)21(19)18(25)15-31-24(27)17-11-7-4-8-12-17/h3-13,26H,14-15H2,1-2H3. The van der Waals surface area contributed by atoms with Gasteiger partial charge in [0.05, 0.1) is 19.8 Å². The normalized spacial score (nSPS) is 10.3. The number of aromatic hydroxyl groups is 1. The van der Waals surface area contributed by atoms with Crippen molar-refractivity contribution in [3.05, 3.63) is 83.4 Å². The molecule has 0 aliphatic rings. The average Bonchev–Trinajstić information content (AvgIpc) is 2.81. The van der Waals surface area contributed by atoms with E-state index in [0.29, 0.717) is 5.56 Å². The smallest absolute Gasteiger partial charge is 0.338 e. The minimum absolute atomic E-state index is 0.0190. The minimum atomic E-state index is -0.651. The molecule has 0 spiro atoms. The zero-order chi connectivity index (χ0) is 22.2. The van der Waals surface area contributed by atoms with E-state index in [0.717, 1.165) is 5.56 Å². The van der Waals surface area contributed by atoms with Crippen molar-refractivity contribution in [2.45, 2.75) is 6.61 Å². The average molecular weight is 422 g/mol. The third kappa shape index (κ3) is 5.14. The van der Waals surface area contributed by atoms with Gasteiger partial charge in [0.15, 0.2) is 18.1 Å². The van der Waals surface area contributed by atoms with Crippen LogP contribution in [0, 0.1) is 0 Å². The molecule has 160 valence electrons. The maximum Gasteiger partial charge on any atom is 0.338 e. The second kappa shape index (κ2) is 10.2. The van der Waals surface area contributed by atoms with E-state index in [4.69, 9.17) is 18.9 Å². The molecule has 3 aromatic carbocycles. The number of hydrogen-bond acceptors (Lipinski definition) is 7. The Morgan fingerprint density at radius 2 is 1.52 bits per heavy atom. The molecule has 0 aliphatic heterocycles. The molecule has 0 saturated carbocycles. The molecule has 0 bridgehead atoms. The molecule has 31 heavy (non-hydrogen) atoms. The number of esters is 1. The van der Waals surface area contributed by atoms with Crippen LogP contribution in [-0.2, 0) is 11.3 Å². The van der Waals surface area contributed by atoms with Crippen LogP contribution in [0.15, 0.2) is 66.7 Å². The lowest BCUT2D eigenvalue weighted by Gasteiger charge is -2.17. The molecule has 0 saturated heterocycles. The summed E-state index contributed by atoms with van der Waals surface area (Å²) in [4.78, 5) is 24.8. The van der Waals surface area contributed by atoms with E-state index in [9.17, 15) is 14.7 Å². The number of benzene rings is 3. The molecular weight excluding hydrogens is 400 g/mol. The Bertz CT molecular complexity index is 1050. The predicted molar refractivity (Wildman–Crippen MR) is 113 cm³/mol. The third-order valence-corrected chi connectivity index (χ3v) is 4.47. The molecule has 0 aromatic heterocycles. The Morgan fingerprint density at radius 3 is 2.13 bits per heavy atom. The summed E-state index contributed by atoms with van der Waals surface area (Å²) in [6, 6.07) is 19.2. The molecule has 0 fully saturated rings. The summed E-state index contributed by atoms with van der Waals surface area (Å²) in [7, 11) is 2.70. The van der Waals surface area contributed by atoms with Crippen LogP contribution >= 0.6 is 0 Å². The van der Waals surface area contributed by atoms with E-state index in [2.05, 4.69) is 0 Å². The van der Waals surface area contributed by atoms with Gasteiger partial charge in [-0.25, -0.2) is 4.79 Å². The topological polar surface area (TPSA) is 91.3 Å². The molecule has 0 amide bonds. The van der Waals surface area contributed by atoms with E-state index in [1.165, 1.54) is 20.3 Å². The fourth-order valence-corrected chi connectivity index (χ4v) is 2.93. The Kier molecular flexibility index (Phi) is 7.11. The Morgan fingerprint density at radius 1 is 0.871 bits per heavy atom. The summed E-state index contributed by atoms with van der Waals surface area (Å²) in [5, 5.41) is 10.7. The number of methoxy groups -OCH3 is 2. The van der Waals surface area contributed by atoms with E-state index < -0.39 is 24.1 Å². The Hall–Kier alpha value is -4.00. The zero-order valence-corrected chi connectivity index (χ0v) is 17.2. The summed E-state index contributed by atoms with van der Waals surface area (Å²) in [6.07, 6.45) is 0. The van der Waals surface area contributed by atoms with E-state index in [1.807, 2.05) is 30.3 Å². The van der Waals surface area contributed by atoms with Crippen molar-refractivity contribution < 1.29 is 33.6 Å². The molecule has 0 aliphatic carbocycles. The van der Waals surface area contributed by atoms with Gasteiger partial charge in [-0.15, -0.1) is 0 Å². The van der Waals surface area contributed by atoms with Gasteiger partial charge in [0.2, 0.25) is 11.5 Å². The molecule has 0 heterocycles. The summed E-state index contributed by atoms with van der Waals surface area (Å²) in [5.74, 6) is -1.49. The fourth-order valence-electron chi connectivity index (χ4n) is 2.93. The van der Waals surface area contributed by atoms with Crippen LogP contribution < -0.4 is 14.2 Å². The highest BCUT2D eigenvalue weighted by molar-refractivity contribution is 6.04. The summed E-state index contributed by atoms with van der Waals surface area (Å²) >= 11 is 0. The van der Waals surface area contributed by atoms with Crippen LogP contribution in [0.5, 0.6) is 23.0 Å². The first-order valence-corrected chi connectivity index (χ1v) is 9.45. The largest absolute Gasteiger partial charge is 0.504 e. The van der Waals surface area contributed by atoms with Gasteiger partial charge in [-0.1, -0.05) is 48.5 Å². The lowest BCUT2D eigenvalue weighted by Crippen LogP contribution is -2.15. The van der Waals surface area contributed by atoms with Gasteiger partial charge >= 0.3 is 5.97 Å². The van der Waals surface area contributed by atoms with Gasteiger partial charge in [-0.05, 0) is 17.7 Å². The molecule has 0 atom stereocenters. The maximum absolute atomic E-state index is 12.7. The number of ketones is 1. The number of hydrogen-bond donors (Lipinski definition) is 1.